The third-order valence-electron chi connectivity index (χ3n) is 2.63. The van der Waals surface area contributed by atoms with Crippen molar-refractivity contribution in [1.82, 2.24) is 10.9 Å². The van der Waals surface area contributed by atoms with Crippen molar-refractivity contribution in [3.8, 4) is 11.5 Å². The van der Waals surface area contributed by atoms with Crippen LogP contribution < -0.4 is 20.3 Å². The molecule has 0 fully saturated rings. The number of amides is 2. The van der Waals surface area contributed by atoms with E-state index >= 15 is 0 Å². The van der Waals surface area contributed by atoms with Crippen LogP contribution in [0.2, 0.25) is 0 Å². The van der Waals surface area contributed by atoms with E-state index < -0.39 is 24.4 Å². The van der Waals surface area contributed by atoms with Crippen molar-refractivity contribution in [1.29, 1.82) is 0 Å². The summed E-state index contributed by atoms with van der Waals surface area (Å²) in [4.78, 5) is 34.1. The highest BCUT2D eigenvalue weighted by Gasteiger charge is 2.17. The minimum absolute atomic E-state index is 0.190. The molecule has 0 aliphatic carbocycles. The van der Waals surface area contributed by atoms with Gasteiger partial charge in [-0.2, -0.15) is 0 Å². The fourth-order valence-corrected chi connectivity index (χ4v) is 2.15. The van der Waals surface area contributed by atoms with Gasteiger partial charge in [-0.05, 0) is 34.5 Å². The lowest BCUT2D eigenvalue weighted by molar-refractivity contribution is -0.129. The van der Waals surface area contributed by atoms with Gasteiger partial charge in [0.2, 0.25) is 5.91 Å². The predicted molar refractivity (Wildman–Crippen MR) is 88.7 cm³/mol. The molecule has 0 bridgehead atoms. The molecule has 24 heavy (non-hydrogen) atoms. The molecule has 2 N–H and O–H groups in total. The Balaban J connectivity index is 2.75. The molecule has 1 aromatic carbocycles. The maximum Gasteiger partial charge on any atom is 0.338 e. The van der Waals surface area contributed by atoms with Crippen molar-refractivity contribution in [2.24, 2.45) is 0 Å². The Morgan fingerprint density at radius 1 is 1.21 bits per heavy atom. The van der Waals surface area contributed by atoms with Gasteiger partial charge in [0.05, 0.1) is 23.8 Å². The summed E-state index contributed by atoms with van der Waals surface area (Å²) in [5.74, 6) is -0.959. The summed E-state index contributed by atoms with van der Waals surface area (Å²) in [5.41, 5.74) is 4.36. The molecular weight excluding hydrogens is 384 g/mol. The van der Waals surface area contributed by atoms with Crippen LogP contribution in [0.25, 0.3) is 0 Å². The number of rotatable bonds is 7. The van der Waals surface area contributed by atoms with Crippen LogP contribution in [0.1, 0.15) is 30.6 Å². The van der Waals surface area contributed by atoms with Crippen LogP contribution in [-0.2, 0) is 14.3 Å². The van der Waals surface area contributed by atoms with Crippen LogP contribution in [0.4, 0.5) is 0 Å². The first kappa shape index (κ1) is 19.8. The van der Waals surface area contributed by atoms with E-state index in [0.29, 0.717) is 22.6 Å². The zero-order chi connectivity index (χ0) is 18.1. The molecule has 1 rings (SSSR count). The quantitative estimate of drug-likeness (QED) is 0.529. The van der Waals surface area contributed by atoms with Crippen molar-refractivity contribution in [2.75, 3.05) is 20.3 Å². The molecule has 0 aliphatic rings. The Labute approximate surface area is 147 Å². The highest BCUT2D eigenvalue weighted by atomic mass is 79.9. The molecule has 0 unspecified atom stereocenters. The monoisotopic (exact) mass is 402 g/mol. The summed E-state index contributed by atoms with van der Waals surface area (Å²) in [7, 11) is 1.45. The second-order valence-corrected chi connectivity index (χ2v) is 5.50. The van der Waals surface area contributed by atoms with Crippen LogP contribution in [0.15, 0.2) is 16.6 Å². The fraction of sp³-hybridized carbons (Fsp3) is 0.400. The molecule has 8 nitrogen and oxygen atoms in total. The first-order valence-electron chi connectivity index (χ1n) is 7.11. The van der Waals surface area contributed by atoms with E-state index in [1.807, 2.05) is 6.92 Å². The summed E-state index contributed by atoms with van der Waals surface area (Å²) >= 11 is 3.32. The summed E-state index contributed by atoms with van der Waals surface area (Å²) < 4.78 is 16.2. The Bertz CT molecular complexity index is 620. The Kier molecular flexibility index (Phi) is 8.03. The number of esters is 1. The number of nitrogens with one attached hydrogen (secondary N) is 2. The fourth-order valence-electron chi connectivity index (χ4n) is 1.59. The first-order valence-corrected chi connectivity index (χ1v) is 7.91. The van der Waals surface area contributed by atoms with Gasteiger partial charge in [-0.1, -0.05) is 6.92 Å². The number of methoxy groups -OCH3 is 1. The topological polar surface area (TPSA) is 103 Å². The molecule has 132 valence electrons. The SMILES string of the molecule is CCCOc1c(Br)cc(C(=O)OCC(=O)NNC(C)=O)cc1OC. The van der Waals surface area contributed by atoms with Crippen molar-refractivity contribution in [3.05, 3.63) is 22.2 Å². The van der Waals surface area contributed by atoms with Crippen LogP contribution >= 0.6 is 15.9 Å². The number of hydrazine groups is 1. The van der Waals surface area contributed by atoms with Crippen LogP contribution in [0.3, 0.4) is 0 Å². The maximum atomic E-state index is 12.0. The minimum atomic E-state index is -0.714. The number of benzene rings is 1. The molecule has 0 atom stereocenters. The molecule has 0 saturated heterocycles. The molecule has 0 aromatic heterocycles. The van der Waals surface area contributed by atoms with Crippen molar-refractivity contribution in [2.45, 2.75) is 20.3 Å². The molecule has 9 heteroatoms. The van der Waals surface area contributed by atoms with Gasteiger partial charge < -0.3 is 14.2 Å². The standard InChI is InChI=1S/C15H19BrN2O6/c1-4-5-23-14-11(16)6-10(7-12(14)22-3)15(21)24-8-13(20)18-17-9(2)19/h6-7H,4-5,8H2,1-3H3,(H,17,19)(H,18,20). The largest absolute Gasteiger partial charge is 0.493 e. The van der Waals surface area contributed by atoms with E-state index in [2.05, 4.69) is 26.8 Å². The third-order valence-corrected chi connectivity index (χ3v) is 3.22. The number of hydrogen-bond donors (Lipinski definition) is 2. The first-order chi connectivity index (χ1) is 11.4. The van der Waals surface area contributed by atoms with Gasteiger partial charge in [-0.25, -0.2) is 4.79 Å². The lowest BCUT2D eigenvalue weighted by atomic mass is 10.2. The summed E-state index contributed by atoms with van der Waals surface area (Å²) in [6.45, 7) is 3.17. The molecule has 0 spiro atoms. The molecule has 0 aliphatic heterocycles. The second kappa shape index (κ2) is 9.76. The van der Waals surface area contributed by atoms with Crippen molar-refractivity contribution in [3.63, 3.8) is 0 Å². The van der Waals surface area contributed by atoms with E-state index in [1.54, 1.807) is 0 Å². The maximum absolute atomic E-state index is 12.0. The van der Waals surface area contributed by atoms with E-state index in [-0.39, 0.29) is 5.56 Å². The molecule has 0 radical (unpaired) electrons. The third kappa shape index (κ3) is 6.07. The van der Waals surface area contributed by atoms with Gasteiger partial charge in [0, 0.05) is 6.92 Å². The van der Waals surface area contributed by atoms with Gasteiger partial charge in [0.15, 0.2) is 18.1 Å². The average molecular weight is 403 g/mol. The van der Waals surface area contributed by atoms with E-state index in [9.17, 15) is 14.4 Å². The number of carbonyl (C=O) groups excluding carboxylic acids is 3. The Morgan fingerprint density at radius 3 is 2.50 bits per heavy atom. The average Bonchev–Trinajstić information content (AvgIpc) is 2.55. The zero-order valence-corrected chi connectivity index (χ0v) is 15.2. The van der Waals surface area contributed by atoms with E-state index in [0.717, 1.165) is 6.42 Å². The van der Waals surface area contributed by atoms with E-state index in [4.69, 9.17) is 14.2 Å². The smallest absolute Gasteiger partial charge is 0.338 e. The summed E-state index contributed by atoms with van der Waals surface area (Å²) in [6.07, 6.45) is 0.822. The second-order valence-electron chi connectivity index (χ2n) is 4.64. The molecular formula is C15H19BrN2O6. The highest BCUT2D eigenvalue weighted by molar-refractivity contribution is 9.10. The van der Waals surface area contributed by atoms with Crippen molar-refractivity contribution >= 4 is 33.7 Å². The van der Waals surface area contributed by atoms with E-state index in [1.165, 1.54) is 26.2 Å². The number of halogens is 1. The Hall–Kier alpha value is -2.29. The van der Waals surface area contributed by atoms with Gasteiger partial charge >= 0.3 is 5.97 Å². The lowest BCUT2D eigenvalue weighted by Crippen LogP contribution is -2.42. The normalized spacial score (nSPS) is 9.83. The van der Waals surface area contributed by atoms with Crippen LogP contribution in [-0.4, -0.2) is 38.1 Å². The van der Waals surface area contributed by atoms with Gasteiger partial charge in [0.1, 0.15) is 0 Å². The number of carbonyl (C=O) groups is 3. The van der Waals surface area contributed by atoms with Crippen LogP contribution in [0, 0.1) is 0 Å². The number of ether oxygens (including phenoxy) is 3. The molecule has 0 heterocycles. The highest BCUT2D eigenvalue weighted by Crippen LogP contribution is 2.36. The van der Waals surface area contributed by atoms with Gasteiger partial charge in [-0.15, -0.1) is 0 Å². The number of hydrogen-bond acceptors (Lipinski definition) is 6. The molecule has 1 aromatic rings. The summed E-state index contributed by atoms with van der Waals surface area (Å²) in [5, 5.41) is 0. The zero-order valence-electron chi connectivity index (χ0n) is 13.6. The molecule has 2 amide bonds. The summed E-state index contributed by atoms with van der Waals surface area (Å²) in [6, 6.07) is 2.98. The van der Waals surface area contributed by atoms with Crippen LogP contribution in [0.5, 0.6) is 11.5 Å². The van der Waals surface area contributed by atoms with Crippen molar-refractivity contribution < 1.29 is 28.6 Å². The van der Waals surface area contributed by atoms with Gasteiger partial charge in [-0.3, -0.25) is 20.4 Å². The molecule has 0 saturated carbocycles. The predicted octanol–water partition coefficient (Wildman–Crippen LogP) is 1.57. The minimum Gasteiger partial charge on any atom is -0.493 e. The van der Waals surface area contributed by atoms with Gasteiger partial charge in [0.25, 0.3) is 5.91 Å². The Morgan fingerprint density at radius 2 is 1.92 bits per heavy atom. The lowest BCUT2D eigenvalue weighted by Gasteiger charge is -2.13.